The Labute approximate surface area is 208 Å². The van der Waals surface area contributed by atoms with Crippen molar-refractivity contribution in [2.24, 2.45) is 4.99 Å². The number of fused-ring (bicyclic) bond motifs is 1. The number of hydrogen-bond acceptors (Lipinski definition) is 6. The zero-order chi connectivity index (χ0) is 24.5. The first-order valence-electron chi connectivity index (χ1n) is 11.7. The standard InChI is InChI=1S/C25H28ClFN6O2/c1-30-23-22(24(34)29-25(30)35)33(15-18-19(26)8-5-9-20(18)27)21(28-23)16-32-12-10-31(11-13-32)14-17-6-3-2-4-7-17/h2-9,22-23H,10-16H2,1H3,(H,29,34,35). The van der Waals surface area contributed by atoms with Gasteiger partial charge in [0.1, 0.15) is 11.7 Å². The second kappa shape index (κ2) is 9.93. The average molecular weight is 499 g/mol. The SMILES string of the molecule is CN1C(=O)NC(=O)C2C1N=C(CN1CCN(Cc3ccccc3)CC1)N2Cc1c(F)cccc1Cl. The third kappa shape index (κ3) is 4.89. The maximum absolute atomic E-state index is 14.6. The summed E-state index contributed by atoms with van der Waals surface area (Å²) < 4.78 is 14.6. The van der Waals surface area contributed by atoms with Gasteiger partial charge in [-0.15, -0.1) is 0 Å². The van der Waals surface area contributed by atoms with Crippen LogP contribution >= 0.6 is 11.6 Å². The van der Waals surface area contributed by atoms with E-state index in [1.165, 1.54) is 16.5 Å². The fraction of sp³-hybridized carbons (Fsp3) is 0.400. The van der Waals surface area contributed by atoms with Gasteiger partial charge in [-0.2, -0.15) is 0 Å². The van der Waals surface area contributed by atoms with E-state index in [9.17, 15) is 14.0 Å². The van der Waals surface area contributed by atoms with Gasteiger partial charge in [-0.3, -0.25) is 19.9 Å². The van der Waals surface area contributed by atoms with Gasteiger partial charge >= 0.3 is 6.03 Å². The number of carbonyl (C=O) groups is 2. The van der Waals surface area contributed by atoms with Gasteiger partial charge < -0.3 is 9.80 Å². The lowest BCUT2D eigenvalue weighted by molar-refractivity contribution is -0.127. The molecule has 184 valence electrons. The van der Waals surface area contributed by atoms with Crippen molar-refractivity contribution >= 4 is 29.4 Å². The Morgan fingerprint density at radius 2 is 1.66 bits per heavy atom. The first kappa shape index (κ1) is 23.7. The highest BCUT2D eigenvalue weighted by molar-refractivity contribution is 6.31. The second-order valence-corrected chi connectivity index (χ2v) is 9.58. The van der Waals surface area contributed by atoms with Crippen molar-refractivity contribution in [3.8, 4) is 0 Å². The Bertz CT molecular complexity index is 1120. The Balaban J connectivity index is 1.32. The van der Waals surface area contributed by atoms with Gasteiger partial charge in [-0.05, 0) is 17.7 Å². The summed E-state index contributed by atoms with van der Waals surface area (Å²) in [6, 6.07) is 13.7. The number of carbonyl (C=O) groups excluding carboxylic acids is 2. The molecule has 0 spiro atoms. The summed E-state index contributed by atoms with van der Waals surface area (Å²) in [5, 5.41) is 2.68. The molecule has 1 N–H and O–H groups in total. The summed E-state index contributed by atoms with van der Waals surface area (Å²) in [6.45, 7) is 5.01. The Kier molecular flexibility index (Phi) is 6.73. The summed E-state index contributed by atoms with van der Waals surface area (Å²) in [6.07, 6.45) is -0.656. The molecule has 2 atom stereocenters. The Morgan fingerprint density at radius 3 is 2.34 bits per heavy atom. The number of amides is 3. The fourth-order valence-electron chi connectivity index (χ4n) is 4.90. The van der Waals surface area contributed by atoms with Gasteiger partial charge in [-0.1, -0.05) is 48.0 Å². The van der Waals surface area contributed by atoms with Crippen LogP contribution < -0.4 is 5.32 Å². The van der Waals surface area contributed by atoms with Crippen LogP contribution in [0.4, 0.5) is 9.18 Å². The molecule has 8 nitrogen and oxygen atoms in total. The molecule has 2 aromatic rings. The van der Waals surface area contributed by atoms with E-state index < -0.39 is 30.0 Å². The number of nitrogens with zero attached hydrogens (tertiary/aromatic N) is 5. The van der Waals surface area contributed by atoms with E-state index >= 15 is 0 Å². The lowest BCUT2D eigenvalue weighted by Gasteiger charge is -2.38. The number of urea groups is 1. The smallest absolute Gasteiger partial charge is 0.325 e. The highest BCUT2D eigenvalue weighted by Gasteiger charge is 2.48. The zero-order valence-electron chi connectivity index (χ0n) is 19.5. The van der Waals surface area contributed by atoms with Crippen molar-refractivity contribution in [2.45, 2.75) is 25.3 Å². The molecular formula is C25H28ClFN6O2. The highest BCUT2D eigenvalue weighted by Crippen LogP contribution is 2.29. The number of piperazine rings is 1. The third-order valence-electron chi connectivity index (χ3n) is 6.92. The molecule has 3 amide bonds. The number of benzene rings is 2. The molecular weight excluding hydrogens is 471 g/mol. The predicted octanol–water partition coefficient (Wildman–Crippen LogP) is 2.39. The van der Waals surface area contributed by atoms with Crippen LogP contribution in [-0.4, -0.2) is 89.4 Å². The first-order valence-corrected chi connectivity index (χ1v) is 12.1. The molecule has 0 saturated carbocycles. The monoisotopic (exact) mass is 498 g/mol. The van der Waals surface area contributed by atoms with Gasteiger partial charge in [0, 0.05) is 56.9 Å². The van der Waals surface area contributed by atoms with Gasteiger partial charge in [0.15, 0.2) is 12.2 Å². The summed E-state index contributed by atoms with van der Waals surface area (Å²) in [7, 11) is 1.61. The van der Waals surface area contributed by atoms with E-state index in [1.807, 2.05) is 6.07 Å². The summed E-state index contributed by atoms with van der Waals surface area (Å²) >= 11 is 6.31. The largest absolute Gasteiger partial charge is 0.339 e. The van der Waals surface area contributed by atoms with Crippen LogP contribution in [0.25, 0.3) is 0 Å². The number of halogens is 2. The molecule has 3 aliphatic heterocycles. The Hall–Kier alpha value is -3.01. The van der Waals surface area contributed by atoms with Crippen LogP contribution in [0.1, 0.15) is 11.1 Å². The molecule has 10 heteroatoms. The predicted molar refractivity (Wildman–Crippen MR) is 131 cm³/mol. The van der Waals surface area contributed by atoms with Crippen molar-refractivity contribution in [3.63, 3.8) is 0 Å². The molecule has 2 unspecified atom stereocenters. The van der Waals surface area contributed by atoms with Crippen LogP contribution in [0.15, 0.2) is 53.5 Å². The number of amidine groups is 1. The minimum absolute atomic E-state index is 0.0922. The number of rotatable bonds is 6. The molecule has 0 aromatic heterocycles. The van der Waals surface area contributed by atoms with E-state index in [1.54, 1.807) is 24.1 Å². The van der Waals surface area contributed by atoms with Crippen molar-refractivity contribution in [3.05, 3.63) is 70.5 Å². The number of likely N-dealkylation sites (N-methyl/N-ethyl adjacent to an activating group) is 1. The number of imide groups is 1. The van der Waals surface area contributed by atoms with Gasteiger partial charge in [0.2, 0.25) is 0 Å². The van der Waals surface area contributed by atoms with Gasteiger partial charge in [0.05, 0.1) is 6.54 Å². The third-order valence-corrected chi connectivity index (χ3v) is 7.27. The summed E-state index contributed by atoms with van der Waals surface area (Å²) in [4.78, 5) is 37.7. The zero-order valence-corrected chi connectivity index (χ0v) is 20.3. The number of aliphatic imine (C=N–C) groups is 1. The van der Waals surface area contributed by atoms with Crippen molar-refractivity contribution in [1.82, 2.24) is 24.9 Å². The van der Waals surface area contributed by atoms with E-state index in [0.29, 0.717) is 23.0 Å². The molecule has 2 saturated heterocycles. The minimum atomic E-state index is -0.734. The number of hydrogen-bond donors (Lipinski definition) is 1. The normalized spacial score (nSPS) is 23.3. The quantitative estimate of drug-likeness (QED) is 0.662. The summed E-state index contributed by atoms with van der Waals surface area (Å²) in [5.74, 6) is -0.208. The maximum atomic E-state index is 14.6. The van der Waals surface area contributed by atoms with Crippen LogP contribution in [0.5, 0.6) is 0 Å². The van der Waals surface area contributed by atoms with Crippen LogP contribution in [0, 0.1) is 5.82 Å². The second-order valence-electron chi connectivity index (χ2n) is 9.18. The summed E-state index contributed by atoms with van der Waals surface area (Å²) in [5.41, 5.74) is 1.60. The first-order chi connectivity index (χ1) is 16.9. The van der Waals surface area contributed by atoms with Crippen molar-refractivity contribution < 1.29 is 14.0 Å². The molecule has 2 fully saturated rings. The Morgan fingerprint density at radius 1 is 0.971 bits per heavy atom. The molecule has 3 aliphatic rings. The number of nitrogens with one attached hydrogen (secondary N) is 1. The highest BCUT2D eigenvalue weighted by atomic mass is 35.5. The molecule has 0 aliphatic carbocycles. The molecule has 0 bridgehead atoms. The van der Waals surface area contributed by atoms with Gasteiger partial charge in [0.25, 0.3) is 5.91 Å². The van der Waals surface area contributed by atoms with E-state index in [-0.39, 0.29) is 6.54 Å². The van der Waals surface area contributed by atoms with E-state index in [2.05, 4.69) is 39.4 Å². The fourth-order valence-corrected chi connectivity index (χ4v) is 5.13. The molecule has 2 aromatic carbocycles. The van der Waals surface area contributed by atoms with Gasteiger partial charge in [-0.25, -0.2) is 14.2 Å². The molecule has 5 rings (SSSR count). The van der Waals surface area contributed by atoms with E-state index in [0.717, 1.165) is 32.7 Å². The maximum Gasteiger partial charge on any atom is 0.325 e. The minimum Gasteiger partial charge on any atom is -0.339 e. The molecule has 35 heavy (non-hydrogen) atoms. The van der Waals surface area contributed by atoms with Crippen molar-refractivity contribution in [2.75, 3.05) is 39.8 Å². The lowest BCUT2D eigenvalue weighted by atomic mass is 10.1. The average Bonchev–Trinajstić information content (AvgIpc) is 3.20. The lowest BCUT2D eigenvalue weighted by Crippen LogP contribution is -2.63. The van der Waals surface area contributed by atoms with E-state index in [4.69, 9.17) is 16.6 Å². The topological polar surface area (TPSA) is 71.5 Å². The van der Waals surface area contributed by atoms with Crippen LogP contribution in [-0.2, 0) is 17.9 Å². The molecule has 3 heterocycles. The van der Waals surface area contributed by atoms with Crippen LogP contribution in [0.3, 0.4) is 0 Å². The van der Waals surface area contributed by atoms with Crippen molar-refractivity contribution in [1.29, 1.82) is 0 Å². The van der Waals surface area contributed by atoms with Crippen LogP contribution in [0.2, 0.25) is 5.02 Å². The molecule has 0 radical (unpaired) electrons.